The van der Waals surface area contributed by atoms with Gasteiger partial charge < -0.3 is 5.32 Å². The van der Waals surface area contributed by atoms with Gasteiger partial charge in [-0.1, -0.05) is 107 Å². The van der Waals surface area contributed by atoms with Crippen LogP contribution in [0.3, 0.4) is 0 Å². The number of hydrogen-bond acceptors (Lipinski definition) is 2. The Morgan fingerprint density at radius 1 is 0.900 bits per heavy atom. The molecule has 0 atom stereocenters. The summed E-state index contributed by atoms with van der Waals surface area (Å²) >= 11 is 0. The van der Waals surface area contributed by atoms with Crippen molar-refractivity contribution in [3.8, 4) is 22.4 Å². The molecule has 1 N–H and O–H groups in total. The Hall–Kier alpha value is -3.98. The van der Waals surface area contributed by atoms with Crippen LogP contribution >= 0.6 is 0 Å². The van der Waals surface area contributed by atoms with Gasteiger partial charge in [-0.15, -0.1) is 13.2 Å². The first-order valence-electron chi connectivity index (χ1n) is 14.4. The SMILES string of the molecule is C=C.C=Cc1c(C(=O)NCC)cc(-c2ccc(-c3ccc(CC/C(C)=C/C)cc3)cc2)nc1/C=C\C.CC.CC. The normalized spacial score (nSPS) is 10.2. The van der Waals surface area contributed by atoms with E-state index in [1.807, 2.05) is 59.8 Å². The number of rotatable bonds is 9. The van der Waals surface area contributed by atoms with Gasteiger partial charge in [0.05, 0.1) is 17.0 Å². The number of carbonyl (C=O) groups excluding carboxylic acids is 1. The van der Waals surface area contributed by atoms with E-state index >= 15 is 0 Å². The molecular weight excluding hydrogens is 488 g/mol. The minimum Gasteiger partial charge on any atom is -0.352 e. The van der Waals surface area contributed by atoms with Crippen LogP contribution in [-0.4, -0.2) is 17.4 Å². The van der Waals surface area contributed by atoms with Crippen LogP contribution in [0.5, 0.6) is 0 Å². The van der Waals surface area contributed by atoms with Crippen LogP contribution in [0.4, 0.5) is 0 Å². The van der Waals surface area contributed by atoms with Gasteiger partial charge in [0, 0.05) is 17.7 Å². The zero-order valence-corrected chi connectivity index (χ0v) is 26.1. The van der Waals surface area contributed by atoms with Crippen molar-refractivity contribution in [2.45, 2.75) is 68.2 Å². The van der Waals surface area contributed by atoms with E-state index in [9.17, 15) is 4.79 Å². The summed E-state index contributed by atoms with van der Waals surface area (Å²) < 4.78 is 0. The number of nitrogens with zero attached hydrogens (tertiary/aromatic N) is 1. The smallest absolute Gasteiger partial charge is 0.252 e. The van der Waals surface area contributed by atoms with Crippen LogP contribution in [-0.2, 0) is 6.42 Å². The van der Waals surface area contributed by atoms with Crippen molar-refractivity contribution in [2.24, 2.45) is 0 Å². The maximum absolute atomic E-state index is 12.7. The fourth-order valence-corrected chi connectivity index (χ4v) is 3.85. The predicted molar refractivity (Wildman–Crippen MR) is 180 cm³/mol. The molecular formula is C37H50N2O. The van der Waals surface area contributed by atoms with Crippen molar-refractivity contribution in [1.29, 1.82) is 0 Å². The maximum Gasteiger partial charge on any atom is 0.252 e. The molecule has 3 heteroatoms. The lowest BCUT2D eigenvalue weighted by Crippen LogP contribution is -2.24. The summed E-state index contributed by atoms with van der Waals surface area (Å²) in [5, 5.41) is 2.90. The second-order valence-corrected chi connectivity index (χ2v) is 8.33. The van der Waals surface area contributed by atoms with Gasteiger partial charge >= 0.3 is 0 Å². The highest BCUT2D eigenvalue weighted by Crippen LogP contribution is 2.28. The van der Waals surface area contributed by atoms with Crippen molar-refractivity contribution in [1.82, 2.24) is 10.3 Å². The molecule has 2 aromatic carbocycles. The summed E-state index contributed by atoms with van der Waals surface area (Å²) in [7, 11) is 0. The summed E-state index contributed by atoms with van der Waals surface area (Å²) in [5.74, 6) is -0.117. The maximum atomic E-state index is 12.7. The molecule has 0 aliphatic heterocycles. The molecule has 0 radical (unpaired) electrons. The fourth-order valence-electron chi connectivity index (χ4n) is 3.85. The van der Waals surface area contributed by atoms with Gasteiger partial charge in [0.25, 0.3) is 5.91 Å². The molecule has 3 nitrogen and oxygen atoms in total. The number of benzene rings is 2. The molecule has 1 aromatic heterocycles. The van der Waals surface area contributed by atoms with Crippen molar-refractivity contribution in [3.63, 3.8) is 0 Å². The number of aromatic nitrogens is 1. The van der Waals surface area contributed by atoms with Gasteiger partial charge in [-0.3, -0.25) is 4.79 Å². The summed E-state index contributed by atoms with van der Waals surface area (Å²) in [5.41, 5.74) is 8.91. The lowest BCUT2D eigenvalue weighted by atomic mass is 9.98. The molecule has 1 heterocycles. The molecule has 1 amide bonds. The first-order chi connectivity index (χ1) is 19.5. The van der Waals surface area contributed by atoms with Gasteiger partial charge in [0.15, 0.2) is 0 Å². The fraction of sp³-hybridized carbons (Fsp3) is 0.297. The highest BCUT2D eigenvalue weighted by Gasteiger charge is 2.16. The third kappa shape index (κ3) is 10.6. The second-order valence-electron chi connectivity index (χ2n) is 8.33. The van der Waals surface area contributed by atoms with Crippen LogP contribution < -0.4 is 5.32 Å². The minimum absolute atomic E-state index is 0.117. The second kappa shape index (κ2) is 20.9. The van der Waals surface area contributed by atoms with Gasteiger partial charge in [0.2, 0.25) is 0 Å². The minimum atomic E-state index is -0.117. The number of pyridine rings is 1. The van der Waals surface area contributed by atoms with Gasteiger partial charge in [-0.05, 0) is 69.4 Å². The molecule has 0 bridgehead atoms. The van der Waals surface area contributed by atoms with Crippen LogP contribution in [0.25, 0.3) is 34.5 Å². The monoisotopic (exact) mass is 538 g/mol. The molecule has 3 rings (SSSR count). The van der Waals surface area contributed by atoms with Gasteiger partial charge in [-0.25, -0.2) is 4.98 Å². The Kier molecular flexibility index (Phi) is 18.8. The van der Waals surface area contributed by atoms with Crippen LogP contribution in [0.15, 0.2) is 92.1 Å². The molecule has 0 saturated carbocycles. The number of allylic oxidation sites excluding steroid dienone is 3. The van der Waals surface area contributed by atoms with E-state index in [1.54, 1.807) is 6.08 Å². The van der Waals surface area contributed by atoms with E-state index in [0.717, 1.165) is 40.9 Å². The Morgan fingerprint density at radius 2 is 1.43 bits per heavy atom. The van der Waals surface area contributed by atoms with Crippen molar-refractivity contribution < 1.29 is 4.79 Å². The summed E-state index contributed by atoms with van der Waals surface area (Å²) in [6, 6.07) is 19.0. The molecule has 3 aromatic rings. The Labute approximate surface area is 244 Å². The first-order valence-corrected chi connectivity index (χ1v) is 14.4. The molecule has 0 aliphatic rings. The number of nitrogens with one attached hydrogen (secondary N) is 1. The summed E-state index contributed by atoms with van der Waals surface area (Å²) in [4.78, 5) is 17.5. The van der Waals surface area contributed by atoms with E-state index in [2.05, 4.69) is 93.5 Å². The Morgan fingerprint density at radius 3 is 1.90 bits per heavy atom. The van der Waals surface area contributed by atoms with Crippen LogP contribution in [0.2, 0.25) is 0 Å². The average Bonchev–Trinajstić information content (AvgIpc) is 3.03. The van der Waals surface area contributed by atoms with Crippen molar-refractivity contribution >= 4 is 18.1 Å². The third-order valence-corrected chi connectivity index (χ3v) is 5.97. The lowest BCUT2D eigenvalue weighted by Gasteiger charge is -2.13. The quantitative estimate of drug-likeness (QED) is 0.275. The van der Waals surface area contributed by atoms with E-state index in [-0.39, 0.29) is 5.91 Å². The molecule has 214 valence electrons. The van der Waals surface area contributed by atoms with Gasteiger partial charge in [-0.2, -0.15) is 0 Å². The number of aryl methyl sites for hydroxylation is 1. The molecule has 40 heavy (non-hydrogen) atoms. The van der Waals surface area contributed by atoms with Crippen molar-refractivity contribution in [3.05, 3.63) is 114 Å². The number of hydrogen-bond donors (Lipinski definition) is 1. The Balaban J connectivity index is 0.00000237. The topological polar surface area (TPSA) is 42.0 Å². The van der Waals surface area contributed by atoms with E-state index in [1.165, 1.54) is 16.7 Å². The largest absolute Gasteiger partial charge is 0.352 e. The summed E-state index contributed by atoms with van der Waals surface area (Å²) in [6.07, 6.45) is 9.86. The highest BCUT2D eigenvalue weighted by atomic mass is 16.1. The standard InChI is InChI=1S/C31H34N2O.2C2H6.C2H4/c1-6-10-29-27(8-3)28(31(34)32-9-4)21-30(33-29)26-19-17-25(18-20-26)24-15-13-23(14-16-24)12-11-22(5)7-2;3*1-2/h6-8,10,13-21H,3,9,11-12H2,1-2,4-5H3,(H,32,34);2*1-2H3;1-2H2/b10-6-,22-7+;;;. The van der Waals surface area contributed by atoms with E-state index in [0.29, 0.717) is 12.1 Å². The number of amides is 1. The zero-order chi connectivity index (χ0) is 30.5. The van der Waals surface area contributed by atoms with Crippen LogP contribution in [0.1, 0.15) is 89.0 Å². The van der Waals surface area contributed by atoms with Crippen LogP contribution in [0, 0.1) is 0 Å². The molecule has 0 saturated heterocycles. The van der Waals surface area contributed by atoms with Crippen molar-refractivity contribution in [2.75, 3.05) is 6.54 Å². The highest BCUT2D eigenvalue weighted by molar-refractivity contribution is 5.99. The number of carbonyl (C=O) groups is 1. The van der Waals surface area contributed by atoms with Gasteiger partial charge in [0.1, 0.15) is 0 Å². The van der Waals surface area contributed by atoms with E-state index in [4.69, 9.17) is 4.98 Å². The zero-order valence-electron chi connectivity index (χ0n) is 26.1. The molecule has 0 fully saturated rings. The first kappa shape index (κ1) is 36.0. The van der Waals surface area contributed by atoms with E-state index < -0.39 is 0 Å². The Bertz CT molecular complexity index is 1220. The molecule has 0 spiro atoms. The third-order valence-electron chi connectivity index (χ3n) is 5.97. The average molecular weight is 539 g/mol. The predicted octanol–water partition coefficient (Wildman–Crippen LogP) is 10.6. The molecule has 0 aliphatic carbocycles. The lowest BCUT2D eigenvalue weighted by molar-refractivity contribution is 0.0955. The summed E-state index contributed by atoms with van der Waals surface area (Å²) in [6.45, 7) is 26.6. The molecule has 0 unspecified atom stereocenters.